The number of anilines is 1. The molecular formula is C16H15BrN4OS. The van der Waals surface area contributed by atoms with E-state index >= 15 is 0 Å². The normalized spacial score (nSPS) is 11.0. The third kappa shape index (κ3) is 3.68. The molecule has 0 aliphatic carbocycles. The number of carbonyl (C=O) groups is 1. The van der Waals surface area contributed by atoms with Gasteiger partial charge in [-0.1, -0.05) is 13.8 Å². The lowest BCUT2D eigenvalue weighted by Crippen LogP contribution is -2.12. The molecule has 3 rings (SSSR count). The monoisotopic (exact) mass is 390 g/mol. The summed E-state index contributed by atoms with van der Waals surface area (Å²) in [7, 11) is 0. The van der Waals surface area contributed by atoms with Crippen molar-refractivity contribution in [3.05, 3.63) is 57.8 Å². The van der Waals surface area contributed by atoms with Gasteiger partial charge in [0.2, 0.25) is 0 Å². The summed E-state index contributed by atoms with van der Waals surface area (Å²) in [6, 6.07) is 7.26. The van der Waals surface area contributed by atoms with Gasteiger partial charge >= 0.3 is 0 Å². The molecule has 3 aromatic rings. The summed E-state index contributed by atoms with van der Waals surface area (Å²) in [5, 5.41) is 9.64. The van der Waals surface area contributed by atoms with Gasteiger partial charge in [0.25, 0.3) is 5.91 Å². The number of thiazole rings is 1. The minimum absolute atomic E-state index is 0.164. The highest BCUT2D eigenvalue weighted by atomic mass is 79.9. The van der Waals surface area contributed by atoms with E-state index in [1.54, 1.807) is 23.0 Å². The molecule has 0 spiro atoms. The maximum absolute atomic E-state index is 12.3. The maximum Gasteiger partial charge on any atom is 0.257 e. The van der Waals surface area contributed by atoms with Crippen LogP contribution in [0.1, 0.15) is 35.8 Å². The molecule has 1 amide bonds. The molecule has 118 valence electrons. The third-order valence-corrected chi connectivity index (χ3v) is 4.46. The van der Waals surface area contributed by atoms with Crippen LogP contribution in [0.2, 0.25) is 0 Å². The SMILES string of the molecule is CC(C)c1csc(NC(=O)c2ccc(-n3cc(Br)cn3)cc2)n1. The van der Waals surface area contributed by atoms with Crippen molar-refractivity contribution in [2.24, 2.45) is 0 Å². The summed E-state index contributed by atoms with van der Waals surface area (Å²) in [5.74, 6) is 0.187. The standard InChI is InChI=1S/C16H15BrN4OS/c1-10(2)14-9-23-16(19-14)20-15(22)11-3-5-13(6-4-11)21-8-12(17)7-18-21/h3-10H,1-2H3,(H,19,20,22). The van der Waals surface area contributed by atoms with Crippen LogP contribution >= 0.6 is 27.3 Å². The van der Waals surface area contributed by atoms with Crippen molar-refractivity contribution >= 4 is 38.3 Å². The van der Waals surface area contributed by atoms with Crippen LogP contribution < -0.4 is 5.32 Å². The lowest BCUT2D eigenvalue weighted by Gasteiger charge is -2.04. The van der Waals surface area contributed by atoms with Gasteiger partial charge in [0.1, 0.15) is 0 Å². The van der Waals surface area contributed by atoms with Crippen molar-refractivity contribution in [3.63, 3.8) is 0 Å². The van der Waals surface area contributed by atoms with Gasteiger partial charge in [-0.15, -0.1) is 11.3 Å². The van der Waals surface area contributed by atoms with Crippen LogP contribution in [-0.2, 0) is 0 Å². The Morgan fingerprint density at radius 1 is 1.30 bits per heavy atom. The summed E-state index contributed by atoms with van der Waals surface area (Å²) in [6.07, 6.45) is 3.58. The largest absolute Gasteiger partial charge is 0.298 e. The highest BCUT2D eigenvalue weighted by molar-refractivity contribution is 9.10. The fourth-order valence-corrected chi connectivity index (χ4v) is 3.14. The summed E-state index contributed by atoms with van der Waals surface area (Å²) in [6.45, 7) is 4.15. The number of hydrogen-bond donors (Lipinski definition) is 1. The number of halogens is 1. The van der Waals surface area contributed by atoms with E-state index in [4.69, 9.17) is 0 Å². The Morgan fingerprint density at radius 2 is 2.04 bits per heavy atom. The van der Waals surface area contributed by atoms with E-state index in [0.29, 0.717) is 16.6 Å². The molecule has 2 heterocycles. The minimum Gasteiger partial charge on any atom is -0.298 e. The lowest BCUT2D eigenvalue weighted by atomic mass is 10.2. The van der Waals surface area contributed by atoms with Crippen molar-refractivity contribution in [1.29, 1.82) is 0 Å². The average Bonchev–Trinajstić information content (AvgIpc) is 3.16. The molecule has 23 heavy (non-hydrogen) atoms. The van der Waals surface area contributed by atoms with Crippen LogP contribution in [0.3, 0.4) is 0 Å². The zero-order valence-corrected chi connectivity index (χ0v) is 15.1. The zero-order chi connectivity index (χ0) is 16.4. The van der Waals surface area contributed by atoms with Gasteiger partial charge in [-0.25, -0.2) is 9.67 Å². The van der Waals surface area contributed by atoms with Gasteiger partial charge in [-0.2, -0.15) is 5.10 Å². The molecule has 0 aliphatic rings. The van der Waals surface area contributed by atoms with Gasteiger partial charge in [-0.05, 0) is 46.1 Å². The number of aromatic nitrogens is 3. The molecule has 0 unspecified atom stereocenters. The van der Waals surface area contributed by atoms with Gasteiger partial charge in [0, 0.05) is 17.1 Å². The number of benzene rings is 1. The van der Waals surface area contributed by atoms with E-state index in [-0.39, 0.29) is 5.91 Å². The van der Waals surface area contributed by atoms with E-state index < -0.39 is 0 Å². The first-order chi connectivity index (χ1) is 11.0. The summed E-state index contributed by atoms with van der Waals surface area (Å²) in [5.41, 5.74) is 2.47. The Bertz CT molecular complexity index is 823. The predicted molar refractivity (Wildman–Crippen MR) is 95.4 cm³/mol. The van der Waals surface area contributed by atoms with E-state index in [1.807, 2.05) is 23.7 Å². The van der Waals surface area contributed by atoms with Gasteiger partial charge in [-0.3, -0.25) is 10.1 Å². The zero-order valence-electron chi connectivity index (χ0n) is 12.7. The lowest BCUT2D eigenvalue weighted by molar-refractivity contribution is 0.102. The Morgan fingerprint density at radius 3 is 2.61 bits per heavy atom. The number of nitrogens with zero attached hydrogens (tertiary/aromatic N) is 3. The van der Waals surface area contributed by atoms with Crippen LogP contribution in [0.4, 0.5) is 5.13 Å². The highest BCUT2D eigenvalue weighted by Crippen LogP contribution is 2.22. The molecule has 0 saturated carbocycles. The number of rotatable bonds is 4. The van der Waals surface area contributed by atoms with Crippen molar-refractivity contribution in [1.82, 2.24) is 14.8 Å². The Hall–Kier alpha value is -1.99. The van der Waals surface area contributed by atoms with Crippen LogP contribution in [0, 0.1) is 0 Å². The topological polar surface area (TPSA) is 59.8 Å². The molecule has 7 heteroatoms. The number of hydrogen-bond acceptors (Lipinski definition) is 4. The molecule has 1 N–H and O–H groups in total. The summed E-state index contributed by atoms with van der Waals surface area (Å²) in [4.78, 5) is 16.7. The van der Waals surface area contributed by atoms with Gasteiger partial charge in [0.05, 0.1) is 22.1 Å². The Labute approximate surface area is 146 Å². The fourth-order valence-electron chi connectivity index (χ4n) is 1.99. The Kier molecular flexibility index (Phi) is 4.58. The molecule has 0 aliphatic heterocycles. The molecule has 1 aromatic carbocycles. The molecule has 0 atom stereocenters. The first-order valence-corrected chi connectivity index (χ1v) is 8.77. The van der Waals surface area contributed by atoms with Crippen molar-refractivity contribution < 1.29 is 4.79 Å². The maximum atomic E-state index is 12.3. The van der Waals surface area contributed by atoms with Crippen molar-refractivity contribution in [2.75, 3.05) is 5.32 Å². The van der Waals surface area contributed by atoms with Crippen molar-refractivity contribution in [2.45, 2.75) is 19.8 Å². The average molecular weight is 391 g/mol. The van der Waals surface area contributed by atoms with Crippen LogP contribution in [-0.4, -0.2) is 20.7 Å². The molecular weight excluding hydrogens is 376 g/mol. The number of amides is 1. The summed E-state index contributed by atoms with van der Waals surface area (Å²) < 4.78 is 2.64. The molecule has 0 fully saturated rings. The number of nitrogens with one attached hydrogen (secondary N) is 1. The van der Waals surface area contributed by atoms with E-state index in [2.05, 4.69) is 45.2 Å². The quantitative estimate of drug-likeness (QED) is 0.714. The molecule has 5 nitrogen and oxygen atoms in total. The third-order valence-electron chi connectivity index (χ3n) is 3.28. The van der Waals surface area contributed by atoms with Gasteiger partial charge < -0.3 is 0 Å². The predicted octanol–water partition coefficient (Wildman–Crippen LogP) is 4.47. The van der Waals surface area contributed by atoms with E-state index in [1.165, 1.54) is 11.3 Å². The highest BCUT2D eigenvalue weighted by Gasteiger charge is 2.11. The fraction of sp³-hybridized carbons (Fsp3) is 0.188. The molecule has 0 bridgehead atoms. The van der Waals surface area contributed by atoms with Crippen LogP contribution in [0.5, 0.6) is 0 Å². The second-order valence-corrected chi connectivity index (χ2v) is 7.11. The van der Waals surface area contributed by atoms with E-state index in [9.17, 15) is 4.79 Å². The molecule has 2 aromatic heterocycles. The van der Waals surface area contributed by atoms with Gasteiger partial charge in [0.15, 0.2) is 5.13 Å². The Balaban J connectivity index is 1.72. The van der Waals surface area contributed by atoms with Crippen LogP contribution in [0.15, 0.2) is 46.5 Å². The second-order valence-electron chi connectivity index (χ2n) is 5.34. The molecule has 0 radical (unpaired) electrons. The molecule has 0 saturated heterocycles. The van der Waals surface area contributed by atoms with Crippen molar-refractivity contribution in [3.8, 4) is 5.69 Å². The van der Waals surface area contributed by atoms with Crippen LogP contribution in [0.25, 0.3) is 5.69 Å². The summed E-state index contributed by atoms with van der Waals surface area (Å²) >= 11 is 4.80. The van der Waals surface area contributed by atoms with E-state index in [0.717, 1.165) is 15.9 Å². The first kappa shape index (κ1) is 15.9. The smallest absolute Gasteiger partial charge is 0.257 e. The first-order valence-electron chi connectivity index (χ1n) is 7.10. The second kappa shape index (κ2) is 6.64. The number of carbonyl (C=O) groups excluding carboxylic acids is 1. The minimum atomic E-state index is -0.164.